The fourth-order valence-corrected chi connectivity index (χ4v) is 4.23. The lowest BCUT2D eigenvalue weighted by Gasteiger charge is -2.37. The summed E-state index contributed by atoms with van der Waals surface area (Å²) in [6.45, 7) is 3.26. The van der Waals surface area contributed by atoms with Gasteiger partial charge in [-0.1, -0.05) is 31.2 Å². The monoisotopic (exact) mass is 434 g/mol. The highest BCUT2D eigenvalue weighted by atomic mass is 19.1. The molecule has 0 unspecified atom stereocenters. The van der Waals surface area contributed by atoms with E-state index in [1.807, 2.05) is 6.07 Å². The van der Waals surface area contributed by atoms with E-state index in [2.05, 4.69) is 36.5 Å². The molecule has 0 saturated carbocycles. The molecule has 0 bridgehead atoms. The molecule has 4 rings (SSSR count). The SMILES string of the molecule is CCc1ccc([C@H]2C[C@@H](C(=O)NCc3ccco3)CN(C(=O)c3ccc(F)cc3)C2)cc1. The van der Waals surface area contributed by atoms with Crippen LogP contribution in [0.3, 0.4) is 0 Å². The van der Waals surface area contributed by atoms with E-state index in [1.165, 1.54) is 29.8 Å². The third kappa shape index (κ3) is 5.07. The summed E-state index contributed by atoms with van der Waals surface area (Å²) in [5.41, 5.74) is 2.78. The predicted molar refractivity (Wildman–Crippen MR) is 120 cm³/mol. The van der Waals surface area contributed by atoms with E-state index in [-0.39, 0.29) is 29.5 Å². The van der Waals surface area contributed by atoms with Crippen molar-refractivity contribution in [2.75, 3.05) is 13.1 Å². The number of carbonyl (C=O) groups excluding carboxylic acids is 2. The van der Waals surface area contributed by atoms with E-state index < -0.39 is 0 Å². The van der Waals surface area contributed by atoms with Crippen LogP contribution in [-0.2, 0) is 17.8 Å². The Hall–Kier alpha value is -3.41. The zero-order valence-electron chi connectivity index (χ0n) is 18.1. The van der Waals surface area contributed by atoms with Gasteiger partial charge in [0, 0.05) is 24.6 Å². The number of nitrogens with zero attached hydrogens (tertiary/aromatic N) is 1. The van der Waals surface area contributed by atoms with Crippen LogP contribution in [0.4, 0.5) is 4.39 Å². The Labute approximate surface area is 187 Å². The van der Waals surface area contributed by atoms with Crippen LogP contribution < -0.4 is 5.32 Å². The molecular formula is C26H27FN2O3. The number of carbonyl (C=O) groups is 2. The Bertz CT molecular complexity index is 1050. The molecule has 0 spiro atoms. The highest BCUT2D eigenvalue weighted by Crippen LogP contribution is 2.31. The molecule has 5 nitrogen and oxygen atoms in total. The Kier molecular flexibility index (Phi) is 6.69. The van der Waals surface area contributed by atoms with Crippen molar-refractivity contribution in [2.45, 2.75) is 32.2 Å². The van der Waals surface area contributed by atoms with Gasteiger partial charge < -0.3 is 14.6 Å². The van der Waals surface area contributed by atoms with E-state index >= 15 is 0 Å². The lowest BCUT2D eigenvalue weighted by molar-refractivity contribution is -0.126. The van der Waals surface area contributed by atoms with Crippen molar-refractivity contribution in [1.82, 2.24) is 10.2 Å². The number of amides is 2. The smallest absolute Gasteiger partial charge is 0.253 e. The molecule has 3 aromatic rings. The lowest BCUT2D eigenvalue weighted by atomic mass is 9.83. The topological polar surface area (TPSA) is 62.6 Å². The molecular weight excluding hydrogens is 407 g/mol. The number of nitrogens with one attached hydrogen (secondary N) is 1. The molecule has 166 valence electrons. The maximum atomic E-state index is 13.3. The van der Waals surface area contributed by atoms with Gasteiger partial charge in [-0.15, -0.1) is 0 Å². The lowest BCUT2D eigenvalue weighted by Crippen LogP contribution is -2.48. The fourth-order valence-electron chi connectivity index (χ4n) is 4.23. The summed E-state index contributed by atoms with van der Waals surface area (Å²) in [6, 6.07) is 17.5. The second-order valence-corrected chi connectivity index (χ2v) is 8.24. The van der Waals surface area contributed by atoms with Crippen molar-refractivity contribution < 1.29 is 18.4 Å². The average Bonchev–Trinajstić information content (AvgIpc) is 3.36. The van der Waals surface area contributed by atoms with Gasteiger partial charge in [0.25, 0.3) is 5.91 Å². The van der Waals surface area contributed by atoms with Gasteiger partial charge in [-0.3, -0.25) is 9.59 Å². The zero-order chi connectivity index (χ0) is 22.5. The number of hydrogen-bond donors (Lipinski definition) is 1. The standard InChI is InChI=1S/C26H27FN2O3/c1-2-18-5-7-19(8-6-18)21-14-22(25(30)28-15-24-4-3-13-32-24)17-29(16-21)26(31)20-9-11-23(27)12-10-20/h3-13,21-22H,2,14-17H2,1H3,(H,28,30)/t21-,22+/m0/s1. The molecule has 2 atom stereocenters. The minimum atomic E-state index is -0.385. The van der Waals surface area contributed by atoms with Gasteiger partial charge in [-0.05, 0) is 60.4 Å². The zero-order valence-corrected chi connectivity index (χ0v) is 18.1. The number of furan rings is 1. The van der Waals surface area contributed by atoms with Crippen LogP contribution in [0, 0.1) is 11.7 Å². The molecule has 0 aliphatic carbocycles. The number of rotatable bonds is 6. The summed E-state index contributed by atoms with van der Waals surface area (Å²) in [4.78, 5) is 27.9. The summed E-state index contributed by atoms with van der Waals surface area (Å²) in [7, 11) is 0. The second-order valence-electron chi connectivity index (χ2n) is 8.24. The molecule has 6 heteroatoms. The summed E-state index contributed by atoms with van der Waals surface area (Å²) >= 11 is 0. The van der Waals surface area contributed by atoms with Crippen LogP contribution in [0.25, 0.3) is 0 Å². The molecule has 1 aliphatic rings. The number of aryl methyl sites for hydroxylation is 1. The first-order chi connectivity index (χ1) is 15.5. The van der Waals surface area contributed by atoms with Crippen LogP contribution in [0.15, 0.2) is 71.3 Å². The van der Waals surface area contributed by atoms with Crippen molar-refractivity contribution in [2.24, 2.45) is 5.92 Å². The van der Waals surface area contributed by atoms with E-state index in [0.717, 1.165) is 12.0 Å². The normalized spacial score (nSPS) is 18.4. The van der Waals surface area contributed by atoms with Gasteiger partial charge in [-0.25, -0.2) is 4.39 Å². The summed E-state index contributed by atoms with van der Waals surface area (Å²) in [5, 5.41) is 2.93. The van der Waals surface area contributed by atoms with Crippen LogP contribution in [-0.4, -0.2) is 29.8 Å². The molecule has 1 N–H and O–H groups in total. The Morgan fingerprint density at radius 3 is 2.47 bits per heavy atom. The van der Waals surface area contributed by atoms with E-state index in [9.17, 15) is 14.0 Å². The first-order valence-corrected chi connectivity index (χ1v) is 11.0. The molecule has 0 radical (unpaired) electrons. The van der Waals surface area contributed by atoms with Gasteiger partial charge in [0.15, 0.2) is 0 Å². The predicted octanol–water partition coefficient (Wildman–Crippen LogP) is 4.54. The molecule has 1 saturated heterocycles. The fraction of sp³-hybridized carbons (Fsp3) is 0.308. The highest BCUT2D eigenvalue weighted by molar-refractivity contribution is 5.94. The molecule has 1 fully saturated rings. The Morgan fingerprint density at radius 2 is 1.81 bits per heavy atom. The van der Waals surface area contributed by atoms with Gasteiger partial charge in [0.2, 0.25) is 5.91 Å². The van der Waals surface area contributed by atoms with E-state index in [4.69, 9.17) is 4.42 Å². The maximum Gasteiger partial charge on any atom is 0.253 e. The van der Waals surface area contributed by atoms with Gasteiger partial charge in [-0.2, -0.15) is 0 Å². The van der Waals surface area contributed by atoms with Gasteiger partial charge >= 0.3 is 0 Å². The Balaban J connectivity index is 1.54. The Morgan fingerprint density at radius 1 is 1.06 bits per heavy atom. The molecule has 2 heterocycles. The highest BCUT2D eigenvalue weighted by Gasteiger charge is 2.35. The minimum absolute atomic E-state index is 0.0402. The average molecular weight is 435 g/mol. The number of benzene rings is 2. The molecule has 1 aromatic heterocycles. The van der Waals surface area contributed by atoms with Crippen molar-refractivity contribution in [3.63, 3.8) is 0 Å². The van der Waals surface area contributed by atoms with Gasteiger partial charge in [0.05, 0.1) is 18.7 Å². The number of halogens is 1. The van der Waals surface area contributed by atoms with E-state index in [0.29, 0.717) is 37.4 Å². The third-order valence-corrected chi connectivity index (χ3v) is 6.08. The summed E-state index contributed by atoms with van der Waals surface area (Å²) in [5.74, 6) is -0.307. The first-order valence-electron chi connectivity index (χ1n) is 11.0. The van der Waals surface area contributed by atoms with Crippen LogP contribution >= 0.6 is 0 Å². The maximum absolute atomic E-state index is 13.3. The van der Waals surface area contributed by atoms with Crippen LogP contribution in [0.2, 0.25) is 0 Å². The van der Waals surface area contributed by atoms with Crippen molar-refractivity contribution >= 4 is 11.8 Å². The van der Waals surface area contributed by atoms with Crippen LogP contribution in [0.5, 0.6) is 0 Å². The second kappa shape index (κ2) is 9.81. The van der Waals surface area contributed by atoms with Crippen molar-refractivity contribution in [3.05, 3.63) is 95.2 Å². The van der Waals surface area contributed by atoms with E-state index in [1.54, 1.807) is 17.2 Å². The number of piperidine rings is 1. The van der Waals surface area contributed by atoms with Crippen LogP contribution in [0.1, 0.15) is 46.5 Å². The summed E-state index contributed by atoms with van der Waals surface area (Å²) < 4.78 is 18.6. The molecule has 2 amide bonds. The third-order valence-electron chi connectivity index (χ3n) is 6.08. The molecule has 1 aliphatic heterocycles. The first kappa shape index (κ1) is 21.8. The van der Waals surface area contributed by atoms with Crippen molar-refractivity contribution in [3.8, 4) is 0 Å². The minimum Gasteiger partial charge on any atom is -0.467 e. The largest absolute Gasteiger partial charge is 0.467 e. The van der Waals surface area contributed by atoms with Gasteiger partial charge in [0.1, 0.15) is 11.6 Å². The number of hydrogen-bond acceptors (Lipinski definition) is 3. The quantitative estimate of drug-likeness (QED) is 0.619. The number of likely N-dealkylation sites (tertiary alicyclic amines) is 1. The van der Waals surface area contributed by atoms with Crippen molar-refractivity contribution in [1.29, 1.82) is 0 Å². The molecule has 2 aromatic carbocycles. The summed E-state index contributed by atoms with van der Waals surface area (Å²) in [6.07, 6.45) is 3.18. The molecule has 32 heavy (non-hydrogen) atoms.